The third-order valence-corrected chi connectivity index (χ3v) is 5.16. The predicted molar refractivity (Wildman–Crippen MR) is 106 cm³/mol. The Labute approximate surface area is 159 Å². The number of allylic oxidation sites excluding steroid dienone is 1. The Morgan fingerprint density at radius 1 is 1.24 bits per heavy atom. The highest BCUT2D eigenvalue weighted by Crippen LogP contribution is 2.59. The maximum atomic E-state index is 12.3. The summed E-state index contributed by atoms with van der Waals surface area (Å²) >= 11 is 11.4. The van der Waals surface area contributed by atoms with Gasteiger partial charge in [0.25, 0.3) is 0 Å². The summed E-state index contributed by atoms with van der Waals surface area (Å²) in [5.74, 6) is -0.236. The predicted octanol–water partition coefficient (Wildman–Crippen LogP) is 4.57. The van der Waals surface area contributed by atoms with Gasteiger partial charge in [-0.2, -0.15) is 5.10 Å². The molecule has 1 N–H and O–H groups in total. The van der Waals surface area contributed by atoms with Crippen LogP contribution in [0.1, 0.15) is 33.3 Å². The lowest BCUT2D eigenvalue weighted by molar-refractivity contribution is -0.123. The SMILES string of the molecule is CCN(CC)c1ccc(/C=N/NC(=O)C2C(C=C(Cl)Cl)C2(C)C)cc1. The summed E-state index contributed by atoms with van der Waals surface area (Å²) in [6, 6.07) is 8.10. The Morgan fingerprint density at radius 3 is 2.36 bits per heavy atom. The molecule has 0 heterocycles. The lowest BCUT2D eigenvalue weighted by Gasteiger charge is -2.20. The van der Waals surface area contributed by atoms with Crippen molar-refractivity contribution in [3.05, 3.63) is 40.4 Å². The van der Waals surface area contributed by atoms with Gasteiger partial charge in [-0.15, -0.1) is 0 Å². The summed E-state index contributed by atoms with van der Waals surface area (Å²) in [5.41, 5.74) is 4.58. The maximum Gasteiger partial charge on any atom is 0.244 e. The number of hydrogen-bond acceptors (Lipinski definition) is 3. The molecule has 0 aromatic heterocycles. The molecule has 1 aromatic carbocycles. The van der Waals surface area contributed by atoms with Crippen LogP contribution in [0.5, 0.6) is 0 Å². The monoisotopic (exact) mass is 381 g/mol. The number of rotatable bonds is 7. The second-order valence-electron chi connectivity index (χ2n) is 6.78. The molecule has 1 amide bonds. The van der Waals surface area contributed by atoms with Gasteiger partial charge in [-0.25, -0.2) is 5.43 Å². The molecule has 136 valence electrons. The molecule has 0 radical (unpaired) electrons. The van der Waals surface area contributed by atoms with Gasteiger partial charge in [0.2, 0.25) is 5.91 Å². The van der Waals surface area contributed by atoms with Gasteiger partial charge < -0.3 is 4.90 Å². The van der Waals surface area contributed by atoms with Crippen LogP contribution in [0.25, 0.3) is 0 Å². The first-order valence-electron chi connectivity index (χ1n) is 8.52. The average molecular weight is 382 g/mol. The van der Waals surface area contributed by atoms with Crippen LogP contribution in [-0.2, 0) is 4.79 Å². The third-order valence-electron chi connectivity index (χ3n) is 4.91. The van der Waals surface area contributed by atoms with E-state index >= 15 is 0 Å². The zero-order valence-corrected chi connectivity index (χ0v) is 16.6. The Balaban J connectivity index is 1.93. The second kappa shape index (κ2) is 8.24. The van der Waals surface area contributed by atoms with Crippen LogP contribution < -0.4 is 10.3 Å². The number of carbonyl (C=O) groups excluding carboxylic acids is 1. The van der Waals surface area contributed by atoms with E-state index in [1.165, 1.54) is 5.69 Å². The van der Waals surface area contributed by atoms with Crippen molar-refractivity contribution in [3.63, 3.8) is 0 Å². The minimum absolute atomic E-state index is 0.0426. The van der Waals surface area contributed by atoms with Gasteiger partial charge in [0.1, 0.15) is 4.49 Å². The quantitative estimate of drug-likeness (QED) is 0.555. The molecule has 0 aliphatic heterocycles. The Bertz CT molecular complexity index is 660. The molecule has 4 nitrogen and oxygen atoms in total. The third kappa shape index (κ3) is 4.77. The Kier molecular flexibility index (Phi) is 6.53. The zero-order valence-electron chi connectivity index (χ0n) is 15.1. The van der Waals surface area contributed by atoms with Crippen molar-refractivity contribution < 1.29 is 4.79 Å². The van der Waals surface area contributed by atoms with Crippen molar-refractivity contribution in [2.45, 2.75) is 27.7 Å². The van der Waals surface area contributed by atoms with Gasteiger partial charge in [-0.05, 0) is 49.0 Å². The van der Waals surface area contributed by atoms with E-state index in [0.717, 1.165) is 18.7 Å². The molecule has 1 fully saturated rings. The maximum absolute atomic E-state index is 12.3. The summed E-state index contributed by atoms with van der Waals surface area (Å²) in [5, 5.41) is 4.07. The normalized spacial score (nSPS) is 21.0. The van der Waals surface area contributed by atoms with Crippen molar-refractivity contribution in [3.8, 4) is 0 Å². The molecule has 0 bridgehead atoms. The number of benzene rings is 1. The molecule has 2 unspecified atom stereocenters. The molecule has 1 aliphatic carbocycles. The molecule has 0 spiro atoms. The summed E-state index contributed by atoms with van der Waals surface area (Å²) in [4.78, 5) is 14.5. The largest absolute Gasteiger partial charge is 0.372 e. The van der Waals surface area contributed by atoms with E-state index in [2.05, 4.69) is 41.4 Å². The van der Waals surface area contributed by atoms with E-state index in [4.69, 9.17) is 23.2 Å². The summed E-state index contributed by atoms with van der Waals surface area (Å²) in [6.07, 6.45) is 3.38. The van der Waals surface area contributed by atoms with Gasteiger partial charge in [0, 0.05) is 18.8 Å². The fourth-order valence-electron chi connectivity index (χ4n) is 3.23. The van der Waals surface area contributed by atoms with Gasteiger partial charge in [0.05, 0.1) is 12.1 Å². The molecule has 1 aromatic rings. The number of nitrogens with zero attached hydrogens (tertiary/aromatic N) is 2. The number of halogens is 2. The number of amides is 1. The summed E-state index contributed by atoms with van der Waals surface area (Å²) in [6.45, 7) is 10.2. The number of hydrogen-bond donors (Lipinski definition) is 1. The Morgan fingerprint density at radius 2 is 1.84 bits per heavy atom. The smallest absolute Gasteiger partial charge is 0.244 e. The molecule has 2 atom stereocenters. The molecular weight excluding hydrogens is 357 g/mol. The Hall–Kier alpha value is -1.52. The van der Waals surface area contributed by atoms with Gasteiger partial charge in [-0.1, -0.05) is 49.2 Å². The molecule has 1 saturated carbocycles. The first-order chi connectivity index (χ1) is 11.8. The molecule has 6 heteroatoms. The van der Waals surface area contributed by atoms with Gasteiger partial charge >= 0.3 is 0 Å². The van der Waals surface area contributed by atoms with Crippen LogP contribution in [0.2, 0.25) is 0 Å². The van der Waals surface area contributed by atoms with Crippen LogP contribution in [0.15, 0.2) is 39.9 Å². The van der Waals surface area contributed by atoms with E-state index in [9.17, 15) is 4.79 Å². The number of hydrazone groups is 1. The van der Waals surface area contributed by atoms with Crippen LogP contribution in [0, 0.1) is 17.3 Å². The van der Waals surface area contributed by atoms with Crippen LogP contribution in [0.4, 0.5) is 5.69 Å². The lowest BCUT2D eigenvalue weighted by atomic mass is 10.1. The molecule has 1 aliphatic rings. The fourth-order valence-corrected chi connectivity index (χ4v) is 3.50. The van der Waals surface area contributed by atoms with Crippen molar-refractivity contribution in [1.29, 1.82) is 0 Å². The number of carbonyl (C=O) groups is 1. The molecule has 25 heavy (non-hydrogen) atoms. The molecular formula is C19H25Cl2N3O. The first kappa shape index (κ1) is 19.8. The van der Waals surface area contributed by atoms with Crippen molar-refractivity contribution in [1.82, 2.24) is 5.43 Å². The van der Waals surface area contributed by atoms with Crippen LogP contribution in [-0.4, -0.2) is 25.2 Å². The number of anilines is 1. The standard InChI is InChI=1S/C19H25Cl2N3O/c1-5-24(6-2)14-9-7-13(8-10-14)12-22-23-18(25)17-15(11-16(20)21)19(17,3)4/h7-12,15,17H,5-6H2,1-4H3,(H,23,25)/b22-12+. The fraction of sp³-hybridized carbons (Fsp3) is 0.474. The second-order valence-corrected chi connectivity index (χ2v) is 7.79. The summed E-state index contributed by atoms with van der Waals surface area (Å²) in [7, 11) is 0. The topological polar surface area (TPSA) is 44.7 Å². The lowest BCUT2D eigenvalue weighted by Crippen LogP contribution is -2.22. The van der Waals surface area contributed by atoms with Crippen molar-refractivity contribution in [2.75, 3.05) is 18.0 Å². The highest BCUT2D eigenvalue weighted by atomic mass is 35.5. The van der Waals surface area contributed by atoms with Crippen LogP contribution in [0.3, 0.4) is 0 Å². The minimum Gasteiger partial charge on any atom is -0.372 e. The minimum atomic E-state index is -0.165. The highest BCUT2D eigenvalue weighted by molar-refractivity contribution is 6.55. The average Bonchev–Trinajstić information content (AvgIpc) is 3.09. The van der Waals surface area contributed by atoms with Crippen molar-refractivity contribution >= 4 is 41.0 Å². The first-order valence-corrected chi connectivity index (χ1v) is 9.27. The van der Waals surface area contributed by atoms with E-state index in [1.807, 2.05) is 26.0 Å². The van der Waals surface area contributed by atoms with E-state index in [0.29, 0.717) is 0 Å². The number of nitrogens with one attached hydrogen (secondary N) is 1. The van der Waals surface area contributed by atoms with E-state index < -0.39 is 0 Å². The molecule has 2 rings (SSSR count). The zero-order chi connectivity index (χ0) is 18.6. The highest BCUT2D eigenvalue weighted by Gasteiger charge is 2.60. The van der Waals surface area contributed by atoms with E-state index in [-0.39, 0.29) is 27.6 Å². The van der Waals surface area contributed by atoms with E-state index in [1.54, 1.807) is 12.3 Å². The van der Waals surface area contributed by atoms with Gasteiger partial charge in [0.15, 0.2) is 0 Å². The van der Waals surface area contributed by atoms with Crippen LogP contribution >= 0.6 is 23.2 Å². The summed E-state index contributed by atoms with van der Waals surface area (Å²) < 4.78 is 0.199. The van der Waals surface area contributed by atoms with Crippen molar-refractivity contribution in [2.24, 2.45) is 22.4 Å². The molecule has 0 saturated heterocycles. The van der Waals surface area contributed by atoms with Gasteiger partial charge in [-0.3, -0.25) is 4.79 Å².